The van der Waals surface area contributed by atoms with Gasteiger partial charge in [0, 0.05) is 25.1 Å². The quantitative estimate of drug-likeness (QED) is 0.843. The van der Waals surface area contributed by atoms with E-state index in [1.807, 2.05) is 17.0 Å². The molecule has 0 aromatic heterocycles. The number of ether oxygens (including phenoxy) is 1. The van der Waals surface area contributed by atoms with E-state index < -0.39 is 11.2 Å². The molecule has 5 nitrogen and oxygen atoms in total. The van der Waals surface area contributed by atoms with Crippen LogP contribution in [-0.2, 0) is 9.53 Å². The van der Waals surface area contributed by atoms with Crippen molar-refractivity contribution in [1.82, 2.24) is 4.90 Å². The minimum atomic E-state index is -0.881. The van der Waals surface area contributed by atoms with Crippen LogP contribution in [0.15, 0.2) is 29.2 Å². The zero-order chi connectivity index (χ0) is 16.1. The van der Waals surface area contributed by atoms with E-state index in [-0.39, 0.29) is 12.0 Å². The van der Waals surface area contributed by atoms with Gasteiger partial charge in [-0.3, -0.25) is 9.59 Å². The third kappa shape index (κ3) is 4.01. The van der Waals surface area contributed by atoms with Crippen LogP contribution in [0.5, 0.6) is 0 Å². The number of hydrogen-bond donors (Lipinski definition) is 1. The molecule has 6 heteroatoms. The van der Waals surface area contributed by atoms with Crippen LogP contribution < -0.4 is 0 Å². The van der Waals surface area contributed by atoms with Crippen molar-refractivity contribution in [3.05, 3.63) is 29.8 Å². The molecule has 1 unspecified atom stereocenters. The molecule has 0 radical (unpaired) electrons. The van der Waals surface area contributed by atoms with E-state index in [1.54, 1.807) is 26.2 Å². The van der Waals surface area contributed by atoms with Crippen molar-refractivity contribution in [3.63, 3.8) is 0 Å². The summed E-state index contributed by atoms with van der Waals surface area (Å²) in [6.45, 7) is 2.97. The minimum absolute atomic E-state index is 0.0322. The number of rotatable bonds is 5. The summed E-state index contributed by atoms with van der Waals surface area (Å²) in [5, 5.41) is 8.46. The normalized spacial score (nSPS) is 17.3. The number of nitrogens with zero attached hydrogens (tertiary/aromatic N) is 1. The number of benzene rings is 1. The van der Waals surface area contributed by atoms with Crippen LogP contribution in [0.3, 0.4) is 0 Å². The predicted octanol–water partition coefficient (Wildman–Crippen LogP) is 2.50. The van der Waals surface area contributed by atoms with Gasteiger partial charge in [-0.25, -0.2) is 0 Å². The Kier molecular flexibility index (Phi) is 5.85. The van der Waals surface area contributed by atoms with Crippen LogP contribution in [0, 0.1) is 0 Å². The van der Waals surface area contributed by atoms with Crippen LogP contribution in [0.4, 0.5) is 0 Å². The van der Waals surface area contributed by atoms with Crippen molar-refractivity contribution in [2.24, 2.45) is 0 Å². The van der Waals surface area contributed by atoms with Crippen molar-refractivity contribution in [2.45, 2.75) is 36.0 Å². The van der Waals surface area contributed by atoms with Gasteiger partial charge in [0.05, 0.1) is 11.7 Å². The molecule has 1 aliphatic rings. The minimum Gasteiger partial charge on any atom is -0.480 e. The van der Waals surface area contributed by atoms with E-state index in [9.17, 15) is 9.59 Å². The second-order valence-corrected chi connectivity index (χ2v) is 6.70. The molecule has 1 aromatic carbocycles. The zero-order valence-corrected chi connectivity index (χ0v) is 13.6. The second kappa shape index (κ2) is 7.65. The van der Waals surface area contributed by atoms with Crippen LogP contribution in [0.1, 0.15) is 30.1 Å². The summed E-state index contributed by atoms with van der Waals surface area (Å²) >= 11 is 1.20. The van der Waals surface area contributed by atoms with Crippen molar-refractivity contribution >= 4 is 23.6 Å². The first kappa shape index (κ1) is 16.8. The number of carboxylic acid groups (broad SMARTS) is 1. The first-order valence-corrected chi connectivity index (χ1v) is 8.21. The molecule has 1 saturated heterocycles. The molecule has 0 spiro atoms. The molecule has 1 N–H and O–H groups in total. The van der Waals surface area contributed by atoms with Gasteiger partial charge >= 0.3 is 5.97 Å². The highest BCUT2D eigenvalue weighted by atomic mass is 32.2. The number of thioether (sulfide) groups is 1. The zero-order valence-electron chi connectivity index (χ0n) is 12.8. The summed E-state index contributed by atoms with van der Waals surface area (Å²) in [6, 6.07) is 7.20. The molecule has 1 aromatic rings. The number of likely N-dealkylation sites (tertiary alicyclic amines) is 1. The molecule has 0 aliphatic carbocycles. The Bertz CT molecular complexity index is 541. The lowest BCUT2D eigenvalue weighted by Gasteiger charge is -2.31. The van der Waals surface area contributed by atoms with Crippen LogP contribution in [0.25, 0.3) is 0 Å². The lowest BCUT2D eigenvalue weighted by Crippen LogP contribution is -2.40. The van der Waals surface area contributed by atoms with Gasteiger partial charge in [0.1, 0.15) is 5.25 Å². The van der Waals surface area contributed by atoms with Gasteiger partial charge in [-0.05, 0) is 31.9 Å². The predicted molar refractivity (Wildman–Crippen MR) is 85.3 cm³/mol. The SMILES string of the molecule is COC1CCN(C(=O)c2ccccc2SC(C)C(=O)O)CC1. The maximum Gasteiger partial charge on any atom is 0.316 e. The first-order chi connectivity index (χ1) is 10.5. The smallest absolute Gasteiger partial charge is 0.316 e. The van der Waals surface area contributed by atoms with E-state index in [2.05, 4.69) is 0 Å². The molecular formula is C16H21NO4S. The summed E-state index contributed by atoms with van der Waals surface area (Å²) in [6.07, 6.45) is 1.90. The fourth-order valence-corrected chi connectivity index (χ4v) is 3.37. The molecule has 22 heavy (non-hydrogen) atoms. The van der Waals surface area contributed by atoms with Crippen molar-refractivity contribution in [2.75, 3.05) is 20.2 Å². The number of carbonyl (C=O) groups is 2. The van der Waals surface area contributed by atoms with E-state index in [0.717, 1.165) is 17.7 Å². The fraction of sp³-hybridized carbons (Fsp3) is 0.500. The number of carbonyl (C=O) groups excluding carboxylic acids is 1. The molecular weight excluding hydrogens is 302 g/mol. The van der Waals surface area contributed by atoms with Gasteiger partial charge in [-0.15, -0.1) is 11.8 Å². The Morgan fingerprint density at radius 3 is 2.55 bits per heavy atom. The Morgan fingerprint density at radius 1 is 1.32 bits per heavy atom. The Hall–Kier alpha value is -1.53. The molecule has 1 atom stereocenters. The van der Waals surface area contributed by atoms with Gasteiger partial charge in [0.15, 0.2) is 0 Å². The van der Waals surface area contributed by atoms with Gasteiger partial charge < -0.3 is 14.7 Å². The highest BCUT2D eigenvalue weighted by Crippen LogP contribution is 2.28. The van der Waals surface area contributed by atoms with Gasteiger partial charge in [0.2, 0.25) is 0 Å². The molecule has 1 fully saturated rings. The lowest BCUT2D eigenvalue weighted by molar-refractivity contribution is -0.136. The van der Waals surface area contributed by atoms with Crippen LogP contribution in [0.2, 0.25) is 0 Å². The number of aliphatic carboxylic acids is 1. The fourth-order valence-electron chi connectivity index (χ4n) is 2.45. The molecule has 0 bridgehead atoms. The summed E-state index contributed by atoms with van der Waals surface area (Å²) in [5.74, 6) is -0.914. The van der Waals surface area contributed by atoms with E-state index >= 15 is 0 Å². The topological polar surface area (TPSA) is 66.8 Å². The molecule has 1 amide bonds. The highest BCUT2D eigenvalue weighted by Gasteiger charge is 2.25. The maximum atomic E-state index is 12.7. The third-order valence-electron chi connectivity index (χ3n) is 3.83. The van der Waals surface area contributed by atoms with E-state index in [1.165, 1.54) is 11.8 Å². The maximum absolute atomic E-state index is 12.7. The van der Waals surface area contributed by atoms with Gasteiger partial charge in [-0.1, -0.05) is 12.1 Å². The van der Waals surface area contributed by atoms with Crippen molar-refractivity contribution < 1.29 is 19.4 Å². The van der Waals surface area contributed by atoms with Crippen molar-refractivity contribution in [3.8, 4) is 0 Å². The lowest BCUT2D eigenvalue weighted by atomic mass is 10.1. The van der Waals surface area contributed by atoms with Crippen molar-refractivity contribution in [1.29, 1.82) is 0 Å². The number of amides is 1. The van der Waals surface area contributed by atoms with Crippen LogP contribution in [-0.4, -0.2) is 53.4 Å². The summed E-state index contributed by atoms with van der Waals surface area (Å²) in [7, 11) is 1.70. The summed E-state index contributed by atoms with van der Waals surface area (Å²) in [5.41, 5.74) is 0.580. The molecule has 2 rings (SSSR count). The molecule has 0 saturated carbocycles. The molecule has 1 aliphatic heterocycles. The highest BCUT2D eigenvalue weighted by molar-refractivity contribution is 8.00. The average Bonchev–Trinajstić information content (AvgIpc) is 2.54. The number of carboxylic acids is 1. The number of hydrogen-bond acceptors (Lipinski definition) is 4. The number of methoxy groups -OCH3 is 1. The summed E-state index contributed by atoms with van der Waals surface area (Å²) < 4.78 is 5.32. The monoisotopic (exact) mass is 323 g/mol. The van der Waals surface area contributed by atoms with Gasteiger partial charge in [0.25, 0.3) is 5.91 Å². The van der Waals surface area contributed by atoms with E-state index in [4.69, 9.17) is 9.84 Å². The Balaban J connectivity index is 2.11. The largest absolute Gasteiger partial charge is 0.480 e. The molecule has 120 valence electrons. The third-order valence-corrected chi connectivity index (χ3v) is 5.00. The first-order valence-electron chi connectivity index (χ1n) is 7.33. The average molecular weight is 323 g/mol. The Morgan fingerprint density at radius 2 is 1.95 bits per heavy atom. The second-order valence-electron chi connectivity index (χ2n) is 5.32. The standard InChI is InChI=1S/C16H21NO4S/c1-11(16(19)20)22-14-6-4-3-5-13(14)15(18)17-9-7-12(21-2)8-10-17/h3-6,11-12H,7-10H2,1-2H3,(H,19,20). The van der Waals surface area contributed by atoms with E-state index in [0.29, 0.717) is 18.7 Å². The molecule has 1 heterocycles. The summed E-state index contributed by atoms with van der Waals surface area (Å²) in [4.78, 5) is 26.3. The van der Waals surface area contributed by atoms with Crippen LogP contribution >= 0.6 is 11.8 Å². The Labute approximate surface area is 134 Å². The van der Waals surface area contributed by atoms with Gasteiger partial charge in [-0.2, -0.15) is 0 Å². The number of piperidine rings is 1.